The summed E-state index contributed by atoms with van der Waals surface area (Å²) >= 11 is 0.997. The number of hydrogen-bond donors (Lipinski definition) is 0. The zero-order valence-electron chi connectivity index (χ0n) is 15.1. The fourth-order valence-electron chi connectivity index (χ4n) is 2.65. The van der Waals surface area contributed by atoms with Crippen LogP contribution in [0.3, 0.4) is 0 Å². The minimum absolute atomic E-state index is 0.152. The lowest BCUT2D eigenvalue weighted by Gasteiger charge is -2.04. The van der Waals surface area contributed by atoms with Crippen molar-refractivity contribution in [2.75, 3.05) is 7.11 Å². The lowest BCUT2D eigenvalue weighted by molar-refractivity contribution is 0.414. The molecule has 2 aromatic carbocycles. The number of nitrogens with zero attached hydrogens (tertiary/aromatic N) is 3. The summed E-state index contributed by atoms with van der Waals surface area (Å²) in [4.78, 5) is 13.1. The number of hydrogen-bond acceptors (Lipinski definition) is 5. The molecule has 0 saturated carbocycles. The number of halogens is 1. The minimum Gasteiger partial charge on any atom is -0.496 e. The van der Waals surface area contributed by atoms with Crippen LogP contribution in [-0.2, 0) is 0 Å². The molecule has 138 valence electrons. The molecule has 0 radical (unpaired) electrons. The fourth-order valence-corrected chi connectivity index (χ4v) is 3.70. The van der Waals surface area contributed by atoms with Gasteiger partial charge in [-0.05, 0) is 36.8 Å². The first-order valence-corrected chi connectivity index (χ1v) is 8.99. The van der Waals surface area contributed by atoms with Gasteiger partial charge in [0.25, 0.3) is 5.56 Å². The summed E-state index contributed by atoms with van der Waals surface area (Å²) in [5.74, 6) is 0.0989. The van der Waals surface area contributed by atoms with Crippen LogP contribution in [0.4, 0.5) is 4.39 Å². The maximum absolute atomic E-state index is 14.1. The number of nitriles is 2. The Morgan fingerprint density at radius 3 is 2.57 bits per heavy atom. The average molecular weight is 391 g/mol. The van der Waals surface area contributed by atoms with E-state index in [0.717, 1.165) is 11.3 Å². The molecule has 3 rings (SSSR count). The number of methoxy groups -OCH3 is 1. The van der Waals surface area contributed by atoms with Gasteiger partial charge in [0.1, 0.15) is 28.4 Å². The van der Waals surface area contributed by atoms with Crippen molar-refractivity contribution < 1.29 is 9.13 Å². The van der Waals surface area contributed by atoms with E-state index in [4.69, 9.17) is 4.74 Å². The Hall–Kier alpha value is -3.68. The van der Waals surface area contributed by atoms with Gasteiger partial charge in [-0.2, -0.15) is 10.5 Å². The highest BCUT2D eigenvalue weighted by atomic mass is 32.1. The van der Waals surface area contributed by atoms with Crippen LogP contribution in [0.25, 0.3) is 17.3 Å². The number of aromatic nitrogens is 1. The number of thiazole rings is 1. The molecule has 3 aromatic rings. The van der Waals surface area contributed by atoms with E-state index >= 15 is 0 Å². The molecule has 0 spiro atoms. The Morgan fingerprint density at radius 1 is 1.21 bits per heavy atom. The molecule has 0 unspecified atom stereocenters. The van der Waals surface area contributed by atoms with Crippen LogP contribution in [0.5, 0.6) is 5.75 Å². The minimum atomic E-state index is -0.479. The van der Waals surface area contributed by atoms with Crippen LogP contribution in [-0.4, -0.2) is 11.7 Å². The summed E-state index contributed by atoms with van der Waals surface area (Å²) in [6, 6.07) is 15.1. The van der Waals surface area contributed by atoms with Gasteiger partial charge < -0.3 is 4.74 Å². The van der Waals surface area contributed by atoms with E-state index in [1.807, 2.05) is 0 Å². The van der Waals surface area contributed by atoms with Crippen molar-refractivity contribution in [2.45, 2.75) is 6.92 Å². The molecule has 1 heterocycles. The second-order valence-corrected chi connectivity index (χ2v) is 6.86. The number of aryl methyl sites for hydroxylation is 1. The second kappa shape index (κ2) is 7.91. The zero-order chi connectivity index (χ0) is 20.3. The third-order valence-corrected chi connectivity index (χ3v) is 5.19. The predicted molar refractivity (Wildman–Crippen MR) is 105 cm³/mol. The molecule has 0 aliphatic rings. The predicted octanol–water partition coefficient (Wildman–Crippen LogP) is 2.38. The smallest absolute Gasteiger partial charge is 0.273 e. The summed E-state index contributed by atoms with van der Waals surface area (Å²) in [5, 5.41) is 18.6. The highest BCUT2D eigenvalue weighted by Gasteiger charge is 2.13. The lowest BCUT2D eigenvalue weighted by atomic mass is 10.2. The molecule has 1 aromatic heterocycles. The van der Waals surface area contributed by atoms with E-state index in [9.17, 15) is 19.7 Å². The molecule has 0 aliphatic heterocycles. The first-order chi connectivity index (χ1) is 13.5. The van der Waals surface area contributed by atoms with Gasteiger partial charge >= 0.3 is 0 Å². The Balaban J connectivity index is 2.41. The van der Waals surface area contributed by atoms with Crippen molar-refractivity contribution >= 4 is 23.0 Å². The number of benzene rings is 2. The van der Waals surface area contributed by atoms with Crippen LogP contribution >= 0.6 is 11.3 Å². The second-order valence-electron chi connectivity index (χ2n) is 5.83. The lowest BCUT2D eigenvalue weighted by Crippen LogP contribution is -2.30. The Labute approximate surface area is 164 Å². The summed E-state index contributed by atoms with van der Waals surface area (Å²) in [7, 11) is 1.52. The van der Waals surface area contributed by atoms with Crippen LogP contribution in [0.1, 0.15) is 11.1 Å². The Bertz CT molecular complexity index is 1310. The number of para-hydroxylation sites is 1. The van der Waals surface area contributed by atoms with Gasteiger partial charge in [0.15, 0.2) is 5.57 Å². The van der Waals surface area contributed by atoms with Crippen molar-refractivity contribution in [1.29, 1.82) is 10.5 Å². The van der Waals surface area contributed by atoms with Crippen LogP contribution in [0.15, 0.2) is 47.3 Å². The molecular formula is C21H14FN3O2S. The van der Waals surface area contributed by atoms with Gasteiger partial charge in [-0.1, -0.05) is 24.3 Å². The van der Waals surface area contributed by atoms with Gasteiger partial charge in [0.2, 0.25) is 0 Å². The molecule has 0 N–H and O–H groups in total. The van der Waals surface area contributed by atoms with Crippen molar-refractivity contribution in [3.05, 3.63) is 79.0 Å². The summed E-state index contributed by atoms with van der Waals surface area (Å²) < 4.78 is 21.0. The Morgan fingerprint density at radius 2 is 1.93 bits per heavy atom. The highest BCUT2D eigenvalue weighted by molar-refractivity contribution is 7.07. The van der Waals surface area contributed by atoms with Gasteiger partial charge in [-0.3, -0.25) is 9.36 Å². The number of ether oxygens (including phenoxy) is 1. The van der Waals surface area contributed by atoms with E-state index < -0.39 is 11.4 Å². The van der Waals surface area contributed by atoms with Crippen molar-refractivity contribution in [1.82, 2.24) is 4.57 Å². The maximum atomic E-state index is 14.1. The fraction of sp³-hybridized carbons (Fsp3) is 0.0952. The van der Waals surface area contributed by atoms with Gasteiger partial charge in [0, 0.05) is 5.56 Å². The first-order valence-electron chi connectivity index (χ1n) is 8.17. The molecule has 0 saturated heterocycles. The van der Waals surface area contributed by atoms with E-state index in [2.05, 4.69) is 0 Å². The third-order valence-electron chi connectivity index (χ3n) is 4.10. The van der Waals surface area contributed by atoms with E-state index in [1.54, 1.807) is 61.5 Å². The highest BCUT2D eigenvalue weighted by Crippen LogP contribution is 2.17. The molecule has 0 atom stereocenters. The standard InChI is InChI=1S/C21H14FN3O2S/c1-13-7-8-16(10-17(13)22)25-20(26)19(28-21(25)15(11-23)12-24)9-14-5-3-4-6-18(14)27-2/h3-10H,1-2H3/b19-9-. The third kappa shape index (κ3) is 3.44. The van der Waals surface area contributed by atoms with E-state index in [0.29, 0.717) is 21.4 Å². The average Bonchev–Trinajstić information content (AvgIpc) is 3.01. The molecule has 0 aliphatic carbocycles. The number of rotatable bonds is 3. The van der Waals surface area contributed by atoms with E-state index in [-0.39, 0.29) is 15.9 Å². The largest absolute Gasteiger partial charge is 0.496 e. The molecular weight excluding hydrogens is 377 g/mol. The first kappa shape index (κ1) is 19.1. The van der Waals surface area contributed by atoms with Gasteiger partial charge in [-0.25, -0.2) is 4.39 Å². The molecule has 0 bridgehead atoms. The summed E-state index contributed by atoms with van der Waals surface area (Å²) in [6.45, 7) is 1.61. The topological polar surface area (TPSA) is 78.8 Å². The van der Waals surface area contributed by atoms with Crippen LogP contribution in [0.2, 0.25) is 0 Å². The molecule has 7 heteroatoms. The SMILES string of the molecule is COc1ccccc1/C=c1\sc(=C(C#N)C#N)n(-c2ccc(C)c(F)c2)c1=O. The molecule has 0 fully saturated rings. The molecule has 0 amide bonds. The van der Waals surface area contributed by atoms with Crippen LogP contribution < -0.4 is 19.5 Å². The quantitative estimate of drug-likeness (QED) is 0.687. The van der Waals surface area contributed by atoms with Gasteiger partial charge in [-0.15, -0.1) is 11.3 Å². The summed E-state index contributed by atoms with van der Waals surface area (Å²) in [6.07, 6.45) is 1.63. The van der Waals surface area contributed by atoms with Crippen molar-refractivity contribution in [3.8, 4) is 23.6 Å². The van der Waals surface area contributed by atoms with Crippen LogP contribution in [0, 0.1) is 35.4 Å². The Kier molecular flexibility index (Phi) is 5.39. The van der Waals surface area contributed by atoms with Crippen molar-refractivity contribution in [3.63, 3.8) is 0 Å². The molecule has 5 nitrogen and oxygen atoms in total. The molecule has 28 heavy (non-hydrogen) atoms. The summed E-state index contributed by atoms with van der Waals surface area (Å²) in [5.41, 5.74) is 0.689. The van der Waals surface area contributed by atoms with Gasteiger partial charge in [0.05, 0.1) is 17.3 Å². The normalized spacial score (nSPS) is 11.0. The van der Waals surface area contributed by atoms with Crippen molar-refractivity contribution in [2.24, 2.45) is 0 Å². The van der Waals surface area contributed by atoms with E-state index in [1.165, 1.54) is 17.7 Å². The zero-order valence-corrected chi connectivity index (χ0v) is 15.9. The maximum Gasteiger partial charge on any atom is 0.273 e. The monoisotopic (exact) mass is 391 g/mol.